The summed E-state index contributed by atoms with van der Waals surface area (Å²) < 4.78 is 44.8. The minimum Gasteiger partial charge on any atom is -0.479 e. The van der Waals surface area contributed by atoms with Gasteiger partial charge >= 0.3 is 12.2 Å². The lowest BCUT2D eigenvalue weighted by Crippen LogP contribution is -2.44. The Kier molecular flexibility index (Phi) is 5.89. The lowest BCUT2D eigenvalue weighted by Gasteiger charge is -2.33. The number of carbonyl (C=O) groups excluding carboxylic acids is 2. The standard InChI is InChI=1S/C22H24F3N3O3/c1-13-19(29)28(12-14-6-5-7-15(10-14)22(23,24)25)17-9-8-16(11-18(17)31-13)26-20(30)27-21(2,3)4/h5-11,13H,12H2,1-4H3,(H2,26,27,30). The van der Waals surface area contributed by atoms with Crippen molar-refractivity contribution in [2.75, 3.05) is 10.2 Å². The third-order valence-corrected chi connectivity index (χ3v) is 4.51. The van der Waals surface area contributed by atoms with E-state index in [0.29, 0.717) is 22.7 Å². The van der Waals surface area contributed by atoms with E-state index < -0.39 is 29.4 Å². The number of alkyl halides is 3. The number of ether oxygens (including phenoxy) is 1. The molecule has 0 bridgehead atoms. The fourth-order valence-corrected chi connectivity index (χ4v) is 3.18. The van der Waals surface area contributed by atoms with Crippen LogP contribution in [-0.4, -0.2) is 23.6 Å². The molecule has 31 heavy (non-hydrogen) atoms. The minimum atomic E-state index is -4.47. The van der Waals surface area contributed by atoms with Crippen molar-refractivity contribution in [2.45, 2.75) is 52.1 Å². The van der Waals surface area contributed by atoms with E-state index in [9.17, 15) is 22.8 Å². The first-order valence-corrected chi connectivity index (χ1v) is 9.71. The maximum absolute atomic E-state index is 13.0. The number of nitrogens with one attached hydrogen (secondary N) is 2. The number of hydrogen-bond donors (Lipinski definition) is 2. The molecule has 0 spiro atoms. The highest BCUT2D eigenvalue weighted by atomic mass is 19.4. The summed E-state index contributed by atoms with van der Waals surface area (Å²) in [6.07, 6.45) is -5.29. The van der Waals surface area contributed by atoms with E-state index in [1.54, 1.807) is 25.1 Å². The van der Waals surface area contributed by atoms with E-state index in [1.807, 2.05) is 20.8 Å². The van der Waals surface area contributed by atoms with Crippen molar-refractivity contribution < 1.29 is 27.5 Å². The van der Waals surface area contributed by atoms with Crippen molar-refractivity contribution >= 4 is 23.3 Å². The smallest absolute Gasteiger partial charge is 0.416 e. The summed E-state index contributed by atoms with van der Waals surface area (Å²) in [6.45, 7) is 7.07. The summed E-state index contributed by atoms with van der Waals surface area (Å²) in [7, 11) is 0. The van der Waals surface area contributed by atoms with E-state index in [1.165, 1.54) is 17.0 Å². The summed E-state index contributed by atoms with van der Waals surface area (Å²) >= 11 is 0. The van der Waals surface area contributed by atoms with E-state index in [4.69, 9.17) is 4.74 Å². The van der Waals surface area contributed by atoms with E-state index in [2.05, 4.69) is 10.6 Å². The van der Waals surface area contributed by atoms with Gasteiger partial charge < -0.3 is 20.3 Å². The van der Waals surface area contributed by atoms with Crippen LogP contribution in [0, 0.1) is 0 Å². The van der Waals surface area contributed by atoms with Gasteiger partial charge in [-0.2, -0.15) is 13.2 Å². The number of halogens is 3. The van der Waals surface area contributed by atoms with Gasteiger partial charge in [0.25, 0.3) is 5.91 Å². The van der Waals surface area contributed by atoms with Gasteiger partial charge in [-0.05, 0) is 57.5 Å². The first kappa shape index (κ1) is 22.5. The number of urea groups is 1. The largest absolute Gasteiger partial charge is 0.479 e. The number of carbonyl (C=O) groups is 2. The number of hydrogen-bond acceptors (Lipinski definition) is 3. The van der Waals surface area contributed by atoms with E-state index in [-0.39, 0.29) is 12.5 Å². The van der Waals surface area contributed by atoms with Crippen molar-refractivity contribution in [3.63, 3.8) is 0 Å². The summed E-state index contributed by atoms with van der Waals surface area (Å²) in [4.78, 5) is 26.2. The predicted molar refractivity (Wildman–Crippen MR) is 111 cm³/mol. The fourth-order valence-electron chi connectivity index (χ4n) is 3.18. The molecule has 2 N–H and O–H groups in total. The van der Waals surface area contributed by atoms with Crippen molar-refractivity contribution in [3.8, 4) is 5.75 Å². The SMILES string of the molecule is CC1Oc2cc(NC(=O)NC(C)(C)C)ccc2N(Cc2cccc(C(F)(F)F)c2)C1=O. The van der Waals surface area contributed by atoms with Gasteiger partial charge in [-0.1, -0.05) is 12.1 Å². The van der Waals surface area contributed by atoms with Gasteiger partial charge in [0.15, 0.2) is 6.10 Å². The molecule has 1 atom stereocenters. The number of amides is 3. The molecular formula is C22H24F3N3O3. The zero-order valence-electron chi connectivity index (χ0n) is 17.6. The molecule has 0 saturated heterocycles. The summed E-state index contributed by atoms with van der Waals surface area (Å²) in [5, 5.41) is 5.48. The van der Waals surface area contributed by atoms with Crippen LogP contribution in [0.1, 0.15) is 38.8 Å². The maximum atomic E-state index is 13.0. The minimum absolute atomic E-state index is 0.0409. The molecule has 1 aliphatic rings. The topological polar surface area (TPSA) is 70.7 Å². The zero-order valence-corrected chi connectivity index (χ0v) is 17.6. The molecule has 166 valence electrons. The molecule has 0 aliphatic carbocycles. The first-order chi connectivity index (χ1) is 14.3. The monoisotopic (exact) mass is 435 g/mol. The van der Waals surface area contributed by atoms with Crippen LogP contribution >= 0.6 is 0 Å². The first-order valence-electron chi connectivity index (χ1n) is 9.71. The molecule has 0 radical (unpaired) electrons. The molecule has 1 unspecified atom stereocenters. The van der Waals surface area contributed by atoms with Crippen LogP contribution in [0.5, 0.6) is 5.75 Å². The fraction of sp³-hybridized carbons (Fsp3) is 0.364. The third-order valence-electron chi connectivity index (χ3n) is 4.51. The van der Waals surface area contributed by atoms with Crippen LogP contribution in [0.15, 0.2) is 42.5 Å². The Balaban J connectivity index is 1.86. The Hall–Kier alpha value is -3.23. The summed E-state index contributed by atoms with van der Waals surface area (Å²) in [5.41, 5.74) is 0.0269. The summed E-state index contributed by atoms with van der Waals surface area (Å²) in [6, 6.07) is 9.25. The van der Waals surface area contributed by atoms with Crippen molar-refractivity contribution in [3.05, 3.63) is 53.6 Å². The maximum Gasteiger partial charge on any atom is 0.416 e. The van der Waals surface area contributed by atoms with Crippen molar-refractivity contribution in [1.82, 2.24) is 5.32 Å². The molecular weight excluding hydrogens is 411 g/mol. The van der Waals surface area contributed by atoms with Crippen molar-refractivity contribution in [1.29, 1.82) is 0 Å². The lowest BCUT2D eigenvalue weighted by atomic mass is 10.1. The van der Waals surface area contributed by atoms with Gasteiger partial charge in [0.05, 0.1) is 17.8 Å². The molecule has 2 aromatic carbocycles. The molecule has 3 rings (SSSR count). The zero-order chi connectivity index (χ0) is 23.0. The van der Waals surface area contributed by atoms with Crippen LogP contribution in [0.25, 0.3) is 0 Å². The van der Waals surface area contributed by atoms with Crippen LogP contribution in [0.3, 0.4) is 0 Å². The second-order valence-corrected chi connectivity index (χ2v) is 8.39. The van der Waals surface area contributed by atoms with Gasteiger partial charge in [0, 0.05) is 17.3 Å². The molecule has 3 amide bonds. The Morgan fingerprint density at radius 2 is 1.84 bits per heavy atom. The Bertz CT molecular complexity index is 999. The molecule has 2 aromatic rings. The van der Waals surface area contributed by atoms with Crippen molar-refractivity contribution in [2.24, 2.45) is 0 Å². The average Bonchev–Trinajstić information content (AvgIpc) is 2.63. The highest BCUT2D eigenvalue weighted by molar-refractivity contribution is 6.00. The average molecular weight is 435 g/mol. The van der Waals surface area contributed by atoms with Gasteiger partial charge in [0.1, 0.15) is 5.75 Å². The number of benzene rings is 2. The number of rotatable bonds is 3. The lowest BCUT2D eigenvalue weighted by molar-refractivity contribution is -0.137. The van der Waals surface area contributed by atoms with Gasteiger partial charge in [-0.3, -0.25) is 4.79 Å². The van der Waals surface area contributed by atoms with Crippen LogP contribution in [0.2, 0.25) is 0 Å². The molecule has 9 heteroatoms. The quantitative estimate of drug-likeness (QED) is 0.718. The second kappa shape index (κ2) is 8.13. The van der Waals surface area contributed by atoms with E-state index in [0.717, 1.165) is 12.1 Å². The van der Waals surface area contributed by atoms with E-state index >= 15 is 0 Å². The Labute approximate surface area is 178 Å². The Morgan fingerprint density at radius 3 is 2.48 bits per heavy atom. The van der Waals surface area contributed by atoms with Gasteiger partial charge in [-0.15, -0.1) is 0 Å². The second-order valence-electron chi connectivity index (χ2n) is 8.39. The molecule has 1 heterocycles. The van der Waals surface area contributed by atoms with Crippen LogP contribution in [0.4, 0.5) is 29.3 Å². The molecule has 1 aliphatic heterocycles. The summed E-state index contributed by atoms with van der Waals surface area (Å²) in [5.74, 6) is -0.0104. The van der Waals surface area contributed by atoms with Gasteiger partial charge in [-0.25, -0.2) is 4.79 Å². The van der Waals surface area contributed by atoms with Crippen LogP contribution in [-0.2, 0) is 17.5 Å². The highest BCUT2D eigenvalue weighted by Gasteiger charge is 2.33. The Morgan fingerprint density at radius 1 is 1.13 bits per heavy atom. The highest BCUT2D eigenvalue weighted by Crippen LogP contribution is 2.38. The number of nitrogens with zero attached hydrogens (tertiary/aromatic N) is 1. The molecule has 0 aromatic heterocycles. The number of fused-ring (bicyclic) bond motifs is 1. The normalized spacial score (nSPS) is 16.4. The molecule has 6 nitrogen and oxygen atoms in total. The van der Waals surface area contributed by atoms with Crippen LogP contribution < -0.4 is 20.3 Å². The number of anilines is 2. The molecule has 0 fully saturated rings. The van der Waals surface area contributed by atoms with Gasteiger partial charge in [0.2, 0.25) is 0 Å². The predicted octanol–water partition coefficient (Wildman–Crippen LogP) is 4.94. The third kappa shape index (κ3) is 5.48. The molecule has 0 saturated carbocycles.